The molecule has 1 heterocycles. The summed E-state index contributed by atoms with van der Waals surface area (Å²) in [6.45, 7) is 4.19. The normalized spacial score (nSPS) is 32.9. The van der Waals surface area contributed by atoms with Gasteiger partial charge in [-0.15, -0.1) is 0 Å². The molecular formula is C9H17F2NO2S. The molecule has 0 aromatic carbocycles. The highest BCUT2D eigenvalue weighted by Gasteiger charge is 2.56. The Morgan fingerprint density at radius 1 is 1.47 bits per heavy atom. The van der Waals surface area contributed by atoms with E-state index in [4.69, 9.17) is 5.73 Å². The average Bonchev–Trinajstić information content (AvgIpc) is 2.22. The van der Waals surface area contributed by atoms with E-state index in [9.17, 15) is 17.2 Å². The summed E-state index contributed by atoms with van der Waals surface area (Å²) in [6.07, 6.45) is -2.50. The van der Waals surface area contributed by atoms with E-state index in [1.165, 1.54) is 20.8 Å². The van der Waals surface area contributed by atoms with Crippen LogP contribution in [0.4, 0.5) is 8.78 Å². The van der Waals surface area contributed by atoms with E-state index in [1.54, 1.807) is 0 Å². The van der Waals surface area contributed by atoms with Crippen LogP contribution in [-0.2, 0) is 9.84 Å². The monoisotopic (exact) mass is 241 g/mol. The predicted octanol–water partition coefficient (Wildman–Crippen LogP) is 1.18. The van der Waals surface area contributed by atoms with Crippen molar-refractivity contribution in [2.24, 2.45) is 11.7 Å². The standard InChI is InChI=1S/C9H17F2NO2S/c1-8(2)6(4-5-15(8,13)14)9(3,12)7(10)11/h6-7H,4-5,12H2,1-3H3. The predicted molar refractivity (Wildman–Crippen MR) is 54.6 cm³/mol. The minimum Gasteiger partial charge on any atom is -0.320 e. The first-order chi connectivity index (χ1) is 6.53. The molecule has 1 aliphatic rings. The lowest BCUT2D eigenvalue weighted by Gasteiger charge is -2.37. The fraction of sp³-hybridized carbons (Fsp3) is 1.00. The zero-order valence-corrected chi connectivity index (χ0v) is 9.94. The van der Waals surface area contributed by atoms with Crippen molar-refractivity contribution in [1.29, 1.82) is 0 Å². The third kappa shape index (κ3) is 1.78. The molecule has 90 valence electrons. The van der Waals surface area contributed by atoms with Crippen molar-refractivity contribution < 1.29 is 17.2 Å². The topological polar surface area (TPSA) is 60.2 Å². The van der Waals surface area contributed by atoms with Crippen molar-refractivity contribution in [3.63, 3.8) is 0 Å². The lowest BCUT2D eigenvalue weighted by molar-refractivity contribution is 0.0207. The fourth-order valence-electron chi connectivity index (χ4n) is 2.31. The van der Waals surface area contributed by atoms with E-state index in [0.29, 0.717) is 0 Å². The highest BCUT2D eigenvalue weighted by atomic mass is 32.2. The Balaban J connectivity index is 3.12. The maximum atomic E-state index is 12.7. The van der Waals surface area contributed by atoms with Crippen LogP contribution in [0.25, 0.3) is 0 Å². The van der Waals surface area contributed by atoms with Crippen LogP contribution >= 0.6 is 0 Å². The lowest BCUT2D eigenvalue weighted by Crippen LogP contribution is -2.56. The number of hydrogen-bond acceptors (Lipinski definition) is 3. The molecule has 0 spiro atoms. The largest absolute Gasteiger partial charge is 0.320 e. The van der Waals surface area contributed by atoms with Gasteiger partial charge in [0.25, 0.3) is 6.43 Å². The van der Waals surface area contributed by atoms with E-state index >= 15 is 0 Å². The van der Waals surface area contributed by atoms with Crippen molar-refractivity contribution in [2.45, 2.75) is 43.9 Å². The molecule has 2 atom stereocenters. The number of rotatable bonds is 2. The van der Waals surface area contributed by atoms with Gasteiger partial charge in [-0.25, -0.2) is 17.2 Å². The maximum Gasteiger partial charge on any atom is 0.256 e. The molecule has 3 nitrogen and oxygen atoms in total. The molecule has 0 amide bonds. The summed E-state index contributed by atoms with van der Waals surface area (Å²) in [5.41, 5.74) is 3.80. The van der Waals surface area contributed by atoms with Crippen molar-refractivity contribution in [3.05, 3.63) is 0 Å². The highest BCUT2D eigenvalue weighted by Crippen LogP contribution is 2.44. The molecule has 0 aliphatic carbocycles. The van der Waals surface area contributed by atoms with Crippen LogP contribution in [0.2, 0.25) is 0 Å². The molecule has 0 aromatic heterocycles. The van der Waals surface area contributed by atoms with Crippen LogP contribution in [0.1, 0.15) is 27.2 Å². The summed E-state index contributed by atoms with van der Waals surface area (Å²) >= 11 is 0. The number of hydrogen-bond donors (Lipinski definition) is 1. The van der Waals surface area contributed by atoms with Gasteiger partial charge in [-0.2, -0.15) is 0 Å². The summed E-state index contributed by atoms with van der Waals surface area (Å²) in [5.74, 6) is -0.750. The molecule has 0 aromatic rings. The number of nitrogens with two attached hydrogens (primary N) is 1. The first-order valence-electron chi connectivity index (χ1n) is 4.83. The molecule has 1 fully saturated rings. The SMILES string of the molecule is CC(N)(C(F)F)C1CCS(=O)(=O)C1(C)C. The lowest BCUT2D eigenvalue weighted by atomic mass is 9.77. The first-order valence-corrected chi connectivity index (χ1v) is 6.48. The van der Waals surface area contributed by atoms with Crippen molar-refractivity contribution in [3.8, 4) is 0 Å². The van der Waals surface area contributed by atoms with Gasteiger partial charge >= 0.3 is 0 Å². The summed E-state index contributed by atoms with van der Waals surface area (Å²) < 4.78 is 47.6. The van der Waals surface area contributed by atoms with E-state index in [2.05, 4.69) is 0 Å². The Morgan fingerprint density at radius 3 is 2.20 bits per heavy atom. The summed E-state index contributed by atoms with van der Waals surface area (Å²) in [7, 11) is -3.30. The maximum absolute atomic E-state index is 12.7. The van der Waals surface area contributed by atoms with E-state index < -0.39 is 32.5 Å². The molecule has 1 aliphatic heterocycles. The number of halogens is 2. The number of sulfone groups is 1. The van der Waals surface area contributed by atoms with Crippen LogP contribution in [0.15, 0.2) is 0 Å². The molecule has 1 saturated heterocycles. The van der Waals surface area contributed by atoms with E-state index in [1.807, 2.05) is 0 Å². The second kappa shape index (κ2) is 3.38. The van der Waals surface area contributed by atoms with E-state index in [-0.39, 0.29) is 12.2 Å². The van der Waals surface area contributed by atoms with Gasteiger partial charge in [0.2, 0.25) is 0 Å². The molecule has 0 radical (unpaired) electrons. The minimum atomic E-state index is -3.30. The third-order valence-electron chi connectivity index (χ3n) is 3.54. The summed E-state index contributed by atoms with van der Waals surface area (Å²) in [4.78, 5) is 0. The molecule has 1 rings (SSSR count). The molecule has 6 heteroatoms. The quantitative estimate of drug-likeness (QED) is 0.789. The zero-order valence-electron chi connectivity index (χ0n) is 9.13. The Kier molecular flexibility index (Phi) is 2.89. The van der Waals surface area contributed by atoms with Gasteiger partial charge in [-0.3, -0.25) is 0 Å². The van der Waals surface area contributed by atoms with Gasteiger partial charge < -0.3 is 5.73 Å². The first kappa shape index (κ1) is 12.8. The average molecular weight is 241 g/mol. The molecule has 2 unspecified atom stereocenters. The highest BCUT2D eigenvalue weighted by molar-refractivity contribution is 7.93. The van der Waals surface area contributed by atoms with Gasteiger partial charge in [-0.05, 0) is 27.2 Å². The second-order valence-electron chi connectivity index (χ2n) is 4.93. The van der Waals surface area contributed by atoms with Crippen molar-refractivity contribution >= 4 is 9.84 Å². The number of alkyl halides is 2. The summed E-state index contributed by atoms with van der Waals surface area (Å²) in [5, 5.41) is 0. The van der Waals surface area contributed by atoms with Crippen molar-refractivity contribution in [2.75, 3.05) is 5.75 Å². The van der Waals surface area contributed by atoms with Crippen LogP contribution in [-0.4, -0.2) is 30.9 Å². The molecule has 0 saturated carbocycles. The van der Waals surface area contributed by atoms with Crippen LogP contribution in [0.5, 0.6) is 0 Å². The Labute approximate surface area is 88.9 Å². The minimum absolute atomic E-state index is 0.0514. The Morgan fingerprint density at radius 2 is 1.93 bits per heavy atom. The van der Waals surface area contributed by atoms with Crippen LogP contribution < -0.4 is 5.73 Å². The van der Waals surface area contributed by atoms with Crippen LogP contribution in [0, 0.1) is 5.92 Å². The zero-order chi connectivity index (χ0) is 12.1. The fourth-order valence-corrected chi connectivity index (χ4v) is 4.19. The molecule has 2 N–H and O–H groups in total. The van der Waals surface area contributed by atoms with Gasteiger partial charge in [0, 0.05) is 5.92 Å². The summed E-state index contributed by atoms with van der Waals surface area (Å²) in [6, 6.07) is 0. The Hall–Kier alpha value is -0.230. The van der Waals surface area contributed by atoms with Gasteiger partial charge in [0.05, 0.1) is 16.0 Å². The van der Waals surface area contributed by atoms with Gasteiger partial charge in [0.15, 0.2) is 9.84 Å². The van der Waals surface area contributed by atoms with E-state index in [0.717, 1.165) is 0 Å². The second-order valence-corrected chi connectivity index (χ2v) is 7.62. The molecule has 0 bridgehead atoms. The van der Waals surface area contributed by atoms with Crippen molar-refractivity contribution in [1.82, 2.24) is 0 Å². The molecular weight excluding hydrogens is 224 g/mol. The van der Waals surface area contributed by atoms with Gasteiger partial charge in [-0.1, -0.05) is 0 Å². The van der Waals surface area contributed by atoms with Gasteiger partial charge in [0.1, 0.15) is 0 Å². The molecule has 15 heavy (non-hydrogen) atoms. The Bertz CT molecular complexity index is 349. The van der Waals surface area contributed by atoms with Crippen LogP contribution in [0.3, 0.4) is 0 Å². The smallest absolute Gasteiger partial charge is 0.256 e. The third-order valence-corrected chi connectivity index (χ3v) is 6.20.